The van der Waals surface area contributed by atoms with Crippen molar-refractivity contribution >= 4 is 17.4 Å². The Hall–Kier alpha value is -1.85. The summed E-state index contributed by atoms with van der Waals surface area (Å²) in [6.07, 6.45) is 3.41. The molecule has 1 aliphatic rings. The number of rotatable bonds is 4. The van der Waals surface area contributed by atoms with Gasteiger partial charge in [0.05, 0.1) is 12.4 Å². The average Bonchev–Trinajstić information content (AvgIpc) is 2.54. The molecule has 1 aromatic carbocycles. The second kappa shape index (κ2) is 6.74. The third kappa shape index (κ3) is 3.83. The predicted octanol–water partition coefficient (Wildman–Crippen LogP) is 2.12. The average molecular weight is 305 g/mol. The zero-order valence-electron chi connectivity index (χ0n) is 11.6. The van der Waals surface area contributed by atoms with Crippen LogP contribution < -0.4 is 15.0 Å². The minimum Gasteiger partial charge on any atom is -0.472 e. The third-order valence-corrected chi connectivity index (χ3v) is 3.55. The van der Waals surface area contributed by atoms with Crippen LogP contribution in [0.5, 0.6) is 5.88 Å². The van der Waals surface area contributed by atoms with Gasteiger partial charge in [0.15, 0.2) is 5.82 Å². The molecular weight excluding hydrogens is 288 g/mol. The number of benzene rings is 1. The second-order valence-electron chi connectivity index (χ2n) is 4.87. The van der Waals surface area contributed by atoms with E-state index in [2.05, 4.69) is 20.2 Å². The topological polar surface area (TPSA) is 50.3 Å². The quantitative estimate of drug-likeness (QED) is 0.937. The maximum atomic E-state index is 5.96. The van der Waals surface area contributed by atoms with Crippen LogP contribution in [0.2, 0.25) is 5.02 Å². The van der Waals surface area contributed by atoms with Crippen molar-refractivity contribution in [2.45, 2.75) is 6.61 Å². The van der Waals surface area contributed by atoms with E-state index in [1.165, 1.54) is 0 Å². The van der Waals surface area contributed by atoms with Crippen LogP contribution in [0, 0.1) is 0 Å². The van der Waals surface area contributed by atoms with Gasteiger partial charge in [0.25, 0.3) is 0 Å². The highest BCUT2D eigenvalue weighted by Crippen LogP contribution is 2.16. The highest BCUT2D eigenvalue weighted by Gasteiger charge is 2.12. The fraction of sp³-hybridized carbons (Fsp3) is 0.333. The molecule has 1 aliphatic heterocycles. The Morgan fingerprint density at radius 1 is 1.24 bits per heavy atom. The lowest BCUT2D eigenvalue weighted by Gasteiger charge is -2.28. The van der Waals surface area contributed by atoms with Gasteiger partial charge in [-0.05, 0) is 17.7 Å². The first-order valence-corrected chi connectivity index (χ1v) is 7.34. The van der Waals surface area contributed by atoms with Gasteiger partial charge < -0.3 is 15.0 Å². The molecule has 0 atom stereocenters. The van der Waals surface area contributed by atoms with Crippen molar-refractivity contribution in [2.75, 3.05) is 31.1 Å². The fourth-order valence-electron chi connectivity index (χ4n) is 2.24. The Bertz CT molecular complexity index is 602. The summed E-state index contributed by atoms with van der Waals surface area (Å²) in [5.74, 6) is 1.39. The maximum absolute atomic E-state index is 5.96. The van der Waals surface area contributed by atoms with Crippen molar-refractivity contribution in [2.24, 2.45) is 0 Å². The molecule has 3 rings (SSSR count). The second-order valence-corrected chi connectivity index (χ2v) is 5.31. The summed E-state index contributed by atoms with van der Waals surface area (Å²) in [5.41, 5.74) is 1.01. The summed E-state index contributed by atoms with van der Waals surface area (Å²) in [7, 11) is 0. The van der Waals surface area contributed by atoms with E-state index in [0.29, 0.717) is 17.5 Å². The number of nitrogens with zero attached hydrogens (tertiary/aromatic N) is 3. The highest BCUT2D eigenvalue weighted by atomic mass is 35.5. The van der Waals surface area contributed by atoms with Crippen LogP contribution in [0.25, 0.3) is 0 Å². The molecule has 1 fully saturated rings. The van der Waals surface area contributed by atoms with E-state index >= 15 is 0 Å². The lowest BCUT2D eigenvalue weighted by atomic mass is 10.2. The number of hydrogen-bond donors (Lipinski definition) is 1. The van der Waals surface area contributed by atoms with Crippen LogP contribution in [-0.2, 0) is 6.61 Å². The van der Waals surface area contributed by atoms with Crippen molar-refractivity contribution < 1.29 is 4.74 Å². The van der Waals surface area contributed by atoms with Crippen molar-refractivity contribution in [3.63, 3.8) is 0 Å². The van der Waals surface area contributed by atoms with Crippen LogP contribution in [-0.4, -0.2) is 36.1 Å². The number of piperazine rings is 1. The molecule has 1 aromatic heterocycles. The van der Waals surface area contributed by atoms with Gasteiger partial charge >= 0.3 is 0 Å². The number of anilines is 1. The lowest BCUT2D eigenvalue weighted by molar-refractivity contribution is 0.292. The molecule has 1 N–H and O–H groups in total. The van der Waals surface area contributed by atoms with Gasteiger partial charge in [0, 0.05) is 31.2 Å². The summed E-state index contributed by atoms with van der Waals surface area (Å²) in [4.78, 5) is 10.9. The molecule has 0 aliphatic carbocycles. The Morgan fingerprint density at radius 3 is 2.90 bits per heavy atom. The summed E-state index contributed by atoms with van der Waals surface area (Å²) < 4.78 is 5.70. The van der Waals surface area contributed by atoms with Crippen molar-refractivity contribution in [3.05, 3.63) is 47.2 Å². The SMILES string of the molecule is Clc1cccc(COc2cncc(N3CCNCC3)n2)c1. The Labute approximate surface area is 128 Å². The van der Waals surface area contributed by atoms with Gasteiger partial charge in [-0.2, -0.15) is 4.98 Å². The zero-order chi connectivity index (χ0) is 14.5. The van der Waals surface area contributed by atoms with E-state index in [1.54, 1.807) is 12.4 Å². The Balaban J connectivity index is 1.65. The molecule has 0 amide bonds. The number of aromatic nitrogens is 2. The van der Waals surface area contributed by atoms with E-state index in [4.69, 9.17) is 16.3 Å². The molecule has 0 radical (unpaired) electrons. The monoisotopic (exact) mass is 304 g/mol. The number of nitrogens with one attached hydrogen (secondary N) is 1. The van der Waals surface area contributed by atoms with Gasteiger partial charge in [-0.3, -0.25) is 4.98 Å². The van der Waals surface area contributed by atoms with Gasteiger partial charge in [-0.25, -0.2) is 0 Å². The molecule has 2 heterocycles. The first-order valence-electron chi connectivity index (χ1n) is 6.96. The normalized spacial score (nSPS) is 15.0. The van der Waals surface area contributed by atoms with Crippen molar-refractivity contribution in [1.29, 1.82) is 0 Å². The lowest BCUT2D eigenvalue weighted by Crippen LogP contribution is -2.43. The standard InChI is InChI=1S/C15H17ClN4O/c16-13-3-1-2-12(8-13)11-21-15-10-18-9-14(19-15)20-6-4-17-5-7-20/h1-3,8-10,17H,4-7,11H2. The minimum absolute atomic E-state index is 0.431. The first-order chi connectivity index (χ1) is 10.3. The molecule has 5 nitrogen and oxygen atoms in total. The molecule has 21 heavy (non-hydrogen) atoms. The molecule has 0 spiro atoms. The van der Waals surface area contributed by atoms with E-state index < -0.39 is 0 Å². The maximum Gasteiger partial charge on any atom is 0.234 e. The third-order valence-electron chi connectivity index (χ3n) is 3.32. The largest absolute Gasteiger partial charge is 0.472 e. The summed E-state index contributed by atoms with van der Waals surface area (Å²) in [6, 6.07) is 7.61. The highest BCUT2D eigenvalue weighted by molar-refractivity contribution is 6.30. The van der Waals surface area contributed by atoms with Gasteiger partial charge in [-0.1, -0.05) is 23.7 Å². The Morgan fingerprint density at radius 2 is 2.10 bits per heavy atom. The van der Waals surface area contributed by atoms with Crippen molar-refractivity contribution in [1.82, 2.24) is 15.3 Å². The predicted molar refractivity (Wildman–Crippen MR) is 82.9 cm³/mol. The molecular formula is C15H17ClN4O. The smallest absolute Gasteiger partial charge is 0.234 e. The van der Waals surface area contributed by atoms with Crippen LogP contribution in [0.3, 0.4) is 0 Å². The fourth-order valence-corrected chi connectivity index (χ4v) is 2.45. The van der Waals surface area contributed by atoms with Crippen molar-refractivity contribution in [3.8, 4) is 5.88 Å². The Kier molecular flexibility index (Phi) is 4.52. The number of ether oxygens (including phenoxy) is 1. The van der Waals surface area contributed by atoms with E-state index in [1.807, 2.05) is 24.3 Å². The summed E-state index contributed by atoms with van der Waals surface area (Å²) in [6.45, 7) is 4.24. The summed E-state index contributed by atoms with van der Waals surface area (Å²) in [5, 5.41) is 4.02. The molecule has 0 bridgehead atoms. The molecule has 1 saturated heterocycles. The molecule has 110 valence electrons. The minimum atomic E-state index is 0.431. The molecule has 2 aromatic rings. The van der Waals surface area contributed by atoms with Crippen LogP contribution >= 0.6 is 11.6 Å². The van der Waals surface area contributed by atoms with Gasteiger partial charge in [-0.15, -0.1) is 0 Å². The van der Waals surface area contributed by atoms with Crippen LogP contribution in [0.15, 0.2) is 36.7 Å². The number of hydrogen-bond acceptors (Lipinski definition) is 5. The van der Waals surface area contributed by atoms with Gasteiger partial charge in [0.2, 0.25) is 5.88 Å². The molecule has 6 heteroatoms. The van der Waals surface area contributed by atoms with E-state index in [0.717, 1.165) is 37.6 Å². The number of halogens is 1. The molecule has 0 unspecified atom stereocenters. The van der Waals surface area contributed by atoms with E-state index in [-0.39, 0.29) is 0 Å². The summed E-state index contributed by atoms with van der Waals surface area (Å²) >= 11 is 5.96. The first kappa shape index (κ1) is 14.1. The van der Waals surface area contributed by atoms with Crippen LogP contribution in [0.1, 0.15) is 5.56 Å². The van der Waals surface area contributed by atoms with Gasteiger partial charge in [0.1, 0.15) is 6.61 Å². The van der Waals surface area contributed by atoms with Crippen LogP contribution in [0.4, 0.5) is 5.82 Å². The van der Waals surface area contributed by atoms with E-state index in [9.17, 15) is 0 Å². The zero-order valence-corrected chi connectivity index (χ0v) is 12.4. The molecule has 0 saturated carbocycles.